The van der Waals surface area contributed by atoms with Crippen LogP contribution in [-0.2, 0) is 11.4 Å². The number of aliphatic hydroxyl groups excluding tert-OH is 1. The maximum atomic E-state index is 11.7. The van der Waals surface area contributed by atoms with Crippen molar-refractivity contribution < 1.29 is 14.6 Å². The standard InChI is InChI=1S/C13H16O3/c14-9-10-5-7-12(8-6-10)16-13(15)11-3-1-2-4-11/h5-8,11,14H,1-4,9H2. The maximum absolute atomic E-state index is 11.7. The number of esters is 1. The lowest BCUT2D eigenvalue weighted by molar-refractivity contribution is -0.138. The van der Waals surface area contributed by atoms with Gasteiger partial charge in [-0.25, -0.2) is 0 Å². The molecule has 2 rings (SSSR count). The summed E-state index contributed by atoms with van der Waals surface area (Å²) in [5, 5.41) is 8.88. The van der Waals surface area contributed by atoms with Gasteiger partial charge in [-0.1, -0.05) is 25.0 Å². The van der Waals surface area contributed by atoms with Crippen molar-refractivity contribution in [1.82, 2.24) is 0 Å². The molecular formula is C13H16O3. The van der Waals surface area contributed by atoms with E-state index in [4.69, 9.17) is 9.84 Å². The van der Waals surface area contributed by atoms with Crippen molar-refractivity contribution in [2.45, 2.75) is 32.3 Å². The molecule has 0 spiro atoms. The third-order valence-corrected chi connectivity index (χ3v) is 3.01. The summed E-state index contributed by atoms with van der Waals surface area (Å²) in [5.41, 5.74) is 0.820. The van der Waals surface area contributed by atoms with Crippen molar-refractivity contribution in [2.24, 2.45) is 5.92 Å². The molecule has 1 saturated carbocycles. The number of ether oxygens (including phenoxy) is 1. The quantitative estimate of drug-likeness (QED) is 0.628. The van der Waals surface area contributed by atoms with E-state index in [0.717, 1.165) is 31.2 Å². The highest BCUT2D eigenvalue weighted by Gasteiger charge is 2.24. The Morgan fingerprint density at radius 1 is 1.25 bits per heavy atom. The highest BCUT2D eigenvalue weighted by molar-refractivity contribution is 5.75. The fourth-order valence-corrected chi connectivity index (χ4v) is 2.02. The van der Waals surface area contributed by atoms with Crippen LogP contribution in [0.3, 0.4) is 0 Å². The second kappa shape index (κ2) is 5.12. The minimum atomic E-state index is -0.116. The van der Waals surface area contributed by atoms with E-state index in [1.165, 1.54) is 0 Å². The molecule has 0 heterocycles. The first-order chi connectivity index (χ1) is 7.79. The average Bonchev–Trinajstić information content (AvgIpc) is 2.83. The van der Waals surface area contributed by atoms with Crippen LogP contribution in [0.15, 0.2) is 24.3 Å². The van der Waals surface area contributed by atoms with Crippen molar-refractivity contribution in [3.05, 3.63) is 29.8 Å². The summed E-state index contributed by atoms with van der Waals surface area (Å²) in [7, 11) is 0. The van der Waals surface area contributed by atoms with Crippen LogP contribution in [0.1, 0.15) is 31.2 Å². The van der Waals surface area contributed by atoms with Gasteiger partial charge in [0.2, 0.25) is 0 Å². The fourth-order valence-electron chi connectivity index (χ4n) is 2.02. The number of carbonyl (C=O) groups excluding carboxylic acids is 1. The lowest BCUT2D eigenvalue weighted by atomic mass is 10.1. The molecule has 86 valence electrons. The Bertz CT molecular complexity index is 350. The van der Waals surface area contributed by atoms with Gasteiger partial charge in [-0.15, -0.1) is 0 Å². The van der Waals surface area contributed by atoms with Gasteiger partial charge >= 0.3 is 5.97 Å². The van der Waals surface area contributed by atoms with Crippen molar-refractivity contribution in [3.8, 4) is 5.75 Å². The minimum absolute atomic E-state index is 0.0108. The molecule has 1 aliphatic rings. The van der Waals surface area contributed by atoms with E-state index in [1.54, 1.807) is 24.3 Å². The van der Waals surface area contributed by atoms with Crippen molar-refractivity contribution in [1.29, 1.82) is 0 Å². The molecule has 16 heavy (non-hydrogen) atoms. The zero-order valence-electron chi connectivity index (χ0n) is 9.19. The molecule has 0 saturated heterocycles. The van der Waals surface area contributed by atoms with E-state index >= 15 is 0 Å². The van der Waals surface area contributed by atoms with Gasteiger partial charge < -0.3 is 9.84 Å². The monoisotopic (exact) mass is 220 g/mol. The molecule has 0 atom stereocenters. The van der Waals surface area contributed by atoms with E-state index in [9.17, 15) is 4.79 Å². The van der Waals surface area contributed by atoms with Crippen LogP contribution in [0.2, 0.25) is 0 Å². The Kier molecular flexibility index (Phi) is 3.57. The Morgan fingerprint density at radius 3 is 2.44 bits per heavy atom. The fraction of sp³-hybridized carbons (Fsp3) is 0.462. The average molecular weight is 220 g/mol. The van der Waals surface area contributed by atoms with Gasteiger partial charge in [-0.2, -0.15) is 0 Å². The summed E-state index contributed by atoms with van der Waals surface area (Å²) < 4.78 is 5.28. The lowest BCUT2D eigenvalue weighted by Crippen LogP contribution is -2.17. The van der Waals surface area contributed by atoms with Crippen LogP contribution in [0.25, 0.3) is 0 Å². The summed E-state index contributed by atoms with van der Waals surface area (Å²) in [5.74, 6) is 0.529. The highest BCUT2D eigenvalue weighted by atomic mass is 16.5. The van der Waals surface area contributed by atoms with Crippen molar-refractivity contribution in [3.63, 3.8) is 0 Å². The largest absolute Gasteiger partial charge is 0.426 e. The van der Waals surface area contributed by atoms with E-state index in [-0.39, 0.29) is 18.5 Å². The van der Waals surface area contributed by atoms with Crippen LogP contribution in [0.4, 0.5) is 0 Å². The first-order valence-electron chi connectivity index (χ1n) is 5.71. The van der Waals surface area contributed by atoms with Gasteiger partial charge in [-0.05, 0) is 30.5 Å². The molecule has 1 N–H and O–H groups in total. The summed E-state index contributed by atoms with van der Waals surface area (Å²) in [6.45, 7) is 0.0108. The number of carbonyl (C=O) groups is 1. The molecule has 1 aliphatic carbocycles. The smallest absolute Gasteiger partial charge is 0.314 e. The van der Waals surface area contributed by atoms with Gasteiger partial charge in [0, 0.05) is 0 Å². The highest BCUT2D eigenvalue weighted by Crippen LogP contribution is 2.26. The van der Waals surface area contributed by atoms with E-state index in [0.29, 0.717) is 5.75 Å². The summed E-state index contributed by atoms with van der Waals surface area (Å²) in [6, 6.07) is 6.96. The summed E-state index contributed by atoms with van der Waals surface area (Å²) in [6.07, 6.45) is 4.16. The number of benzene rings is 1. The molecule has 3 heteroatoms. The second-order valence-electron chi connectivity index (χ2n) is 4.20. The molecule has 0 amide bonds. The van der Waals surface area contributed by atoms with Crippen LogP contribution in [0.5, 0.6) is 5.75 Å². The molecule has 0 aromatic heterocycles. The first kappa shape index (κ1) is 11.1. The van der Waals surface area contributed by atoms with Crippen LogP contribution in [0, 0.1) is 5.92 Å². The molecular weight excluding hydrogens is 204 g/mol. The predicted molar refractivity (Wildman–Crippen MR) is 60.0 cm³/mol. The maximum Gasteiger partial charge on any atom is 0.314 e. The van der Waals surface area contributed by atoms with E-state index in [1.807, 2.05) is 0 Å². The molecule has 0 aliphatic heterocycles. The van der Waals surface area contributed by atoms with Crippen LogP contribution < -0.4 is 4.74 Å². The molecule has 1 aromatic rings. The Balaban J connectivity index is 1.94. The molecule has 0 radical (unpaired) electrons. The molecule has 1 fully saturated rings. The predicted octanol–water partition coefficient (Wildman–Crippen LogP) is 2.27. The van der Waals surface area contributed by atoms with Crippen LogP contribution >= 0.6 is 0 Å². The second-order valence-corrected chi connectivity index (χ2v) is 4.20. The molecule has 3 nitrogen and oxygen atoms in total. The Labute approximate surface area is 95.0 Å². The van der Waals surface area contributed by atoms with Gasteiger partial charge in [-0.3, -0.25) is 4.79 Å². The van der Waals surface area contributed by atoms with E-state index in [2.05, 4.69) is 0 Å². The minimum Gasteiger partial charge on any atom is -0.426 e. The van der Waals surface area contributed by atoms with Crippen molar-refractivity contribution in [2.75, 3.05) is 0 Å². The third-order valence-electron chi connectivity index (χ3n) is 3.01. The Morgan fingerprint density at radius 2 is 1.88 bits per heavy atom. The zero-order chi connectivity index (χ0) is 11.4. The van der Waals surface area contributed by atoms with E-state index < -0.39 is 0 Å². The number of aliphatic hydroxyl groups is 1. The zero-order valence-corrected chi connectivity index (χ0v) is 9.19. The summed E-state index contributed by atoms with van der Waals surface area (Å²) in [4.78, 5) is 11.7. The molecule has 0 unspecified atom stereocenters. The molecule has 1 aromatic carbocycles. The normalized spacial score (nSPS) is 16.3. The summed E-state index contributed by atoms with van der Waals surface area (Å²) >= 11 is 0. The molecule has 0 bridgehead atoms. The number of hydrogen-bond acceptors (Lipinski definition) is 3. The number of hydrogen-bond donors (Lipinski definition) is 1. The SMILES string of the molecule is O=C(Oc1ccc(CO)cc1)C1CCCC1. The first-order valence-corrected chi connectivity index (χ1v) is 5.71. The Hall–Kier alpha value is -1.35. The topological polar surface area (TPSA) is 46.5 Å². The third kappa shape index (κ3) is 2.61. The number of rotatable bonds is 3. The van der Waals surface area contributed by atoms with Gasteiger partial charge in [0.05, 0.1) is 12.5 Å². The van der Waals surface area contributed by atoms with Crippen molar-refractivity contribution >= 4 is 5.97 Å². The van der Waals surface area contributed by atoms with Gasteiger partial charge in [0.25, 0.3) is 0 Å². The lowest BCUT2D eigenvalue weighted by Gasteiger charge is -2.09. The van der Waals surface area contributed by atoms with Gasteiger partial charge in [0.15, 0.2) is 0 Å². The van der Waals surface area contributed by atoms with Gasteiger partial charge in [0.1, 0.15) is 5.75 Å². The van der Waals surface area contributed by atoms with Crippen LogP contribution in [-0.4, -0.2) is 11.1 Å².